The summed E-state index contributed by atoms with van der Waals surface area (Å²) in [5.74, 6) is 0.194. The molecular formula is C12H19N3OS. The molecule has 17 heavy (non-hydrogen) atoms. The van der Waals surface area contributed by atoms with Crippen LogP contribution in [-0.4, -0.2) is 23.5 Å². The van der Waals surface area contributed by atoms with Gasteiger partial charge in [0.15, 0.2) is 0 Å². The van der Waals surface area contributed by atoms with Crippen LogP contribution in [0.5, 0.6) is 0 Å². The number of carbonyl (C=O) groups is 1. The molecule has 1 aliphatic rings. The molecule has 2 rings (SSSR count). The van der Waals surface area contributed by atoms with E-state index in [4.69, 9.17) is 0 Å². The molecule has 1 aromatic heterocycles. The van der Waals surface area contributed by atoms with Gasteiger partial charge in [0, 0.05) is 30.1 Å². The average Bonchev–Trinajstić information content (AvgIpc) is 3.00. The van der Waals surface area contributed by atoms with Gasteiger partial charge < -0.3 is 10.6 Å². The lowest BCUT2D eigenvalue weighted by Crippen LogP contribution is -2.26. The highest BCUT2D eigenvalue weighted by Crippen LogP contribution is 2.18. The van der Waals surface area contributed by atoms with Crippen molar-refractivity contribution in [2.24, 2.45) is 0 Å². The van der Waals surface area contributed by atoms with Gasteiger partial charge in [0.25, 0.3) is 0 Å². The number of rotatable bonds is 7. The summed E-state index contributed by atoms with van der Waals surface area (Å²) in [7, 11) is 0. The molecule has 0 spiro atoms. The number of carbonyl (C=O) groups excluding carboxylic acids is 1. The zero-order valence-corrected chi connectivity index (χ0v) is 11.0. The molecule has 0 unspecified atom stereocenters. The Morgan fingerprint density at radius 3 is 3.06 bits per heavy atom. The number of thiazole rings is 1. The minimum atomic E-state index is 0.194. The maximum absolute atomic E-state index is 11.4. The van der Waals surface area contributed by atoms with Crippen LogP contribution >= 0.6 is 11.3 Å². The van der Waals surface area contributed by atoms with E-state index in [0.717, 1.165) is 43.1 Å². The largest absolute Gasteiger partial charge is 0.353 e. The first-order valence-electron chi connectivity index (χ1n) is 6.15. The topological polar surface area (TPSA) is 54.0 Å². The highest BCUT2D eigenvalue weighted by molar-refractivity contribution is 7.09. The van der Waals surface area contributed by atoms with Gasteiger partial charge in [-0.25, -0.2) is 4.98 Å². The molecule has 5 heteroatoms. The van der Waals surface area contributed by atoms with Gasteiger partial charge in [0.2, 0.25) is 5.91 Å². The molecule has 1 fully saturated rings. The Labute approximate surface area is 106 Å². The van der Waals surface area contributed by atoms with E-state index in [1.54, 1.807) is 11.3 Å². The molecule has 94 valence electrons. The smallest absolute Gasteiger partial charge is 0.220 e. The Hall–Kier alpha value is -0.940. The second-order valence-corrected chi connectivity index (χ2v) is 5.45. The molecule has 0 saturated heterocycles. The van der Waals surface area contributed by atoms with E-state index in [1.807, 2.05) is 6.92 Å². The summed E-state index contributed by atoms with van der Waals surface area (Å²) in [5.41, 5.74) is 1.08. The third kappa shape index (κ3) is 4.83. The molecule has 1 aliphatic carbocycles. The second kappa shape index (κ2) is 6.12. The summed E-state index contributed by atoms with van der Waals surface area (Å²) >= 11 is 1.68. The van der Waals surface area contributed by atoms with E-state index in [-0.39, 0.29) is 5.91 Å². The third-order valence-electron chi connectivity index (χ3n) is 2.64. The van der Waals surface area contributed by atoms with Crippen LogP contribution in [-0.2, 0) is 11.3 Å². The van der Waals surface area contributed by atoms with Gasteiger partial charge in [0.05, 0.1) is 0 Å². The average molecular weight is 253 g/mol. The van der Waals surface area contributed by atoms with Crippen LogP contribution in [0.4, 0.5) is 0 Å². The summed E-state index contributed by atoms with van der Waals surface area (Å²) in [6.07, 6.45) is 3.84. The monoisotopic (exact) mass is 253 g/mol. The van der Waals surface area contributed by atoms with Gasteiger partial charge in [-0.15, -0.1) is 11.3 Å². The second-order valence-electron chi connectivity index (χ2n) is 4.50. The maximum Gasteiger partial charge on any atom is 0.220 e. The number of aromatic nitrogens is 1. The molecule has 0 aliphatic heterocycles. The molecule has 0 atom stereocenters. The van der Waals surface area contributed by atoms with E-state index in [0.29, 0.717) is 12.5 Å². The first-order chi connectivity index (χ1) is 8.24. The van der Waals surface area contributed by atoms with Crippen LogP contribution in [0.15, 0.2) is 5.38 Å². The number of hydrogen-bond donors (Lipinski definition) is 2. The van der Waals surface area contributed by atoms with Gasteiger partial charge in [0.1, 0.15) is 5.01 Å². The lowest BCUT2D eigenvalue weighted by atomic mass is 10.3. The van der Waals surface area contributed by atoms with Crippen LogP contribution in [0.25, 0.3) is 0 Å². The summed E-state index contributed by atoms with van der Waals surface area (Å²) in [4.78, 5) is 15.7. The highest BCUT2D eigenvalue weighted by Gasteiger charge is 2.22. The summed E-state index contributed by atoms with van der Waals surface area (Å²) in [6.45, 7) is 3.68. The molecule has 2 N–H and O–H groups in total. The van der Waals surface area contributed by atoms with Crippen molar-refractivity contribution in [3.8, 4) is 0 Å². The molecule has 0 radical (unpaired) electrons. The maximum atomic E-state index is 11.4. The Morgan fingerprint density at radius 1 is 1.59 bits per heavy atom. The quantitative estimate of drug-likeness (QED) is 0.726. The Bertz CT molecular complexity index is 374. The van der Waals surface area contributed by atoms with Gasteiger partial charge in [-0.3, -0.25) is 4.79 Å². The number of nitrogens with zero attached hydrogens (tertiary/aromatic N) is 1. The predicted octanol–water partition coefficient (Wildman–Crippen LogP) is 1.60. The fraction of sp³-hybridized carbons (Fsp3) is 0.667. The normalized spacial score (nSPS) is 14.9. The molecule has 1 aromatic rings. The number of amides is 1. The zero-order valence-electron chi connectivity index (χ0n) is 10.2. The SMILES string of the molecule is Cc1csc(CNCCCC(=O)NC2CC2)n1. The Kier molecular flexibility index (Phi) is 4.50. The molecule has 1 heterocycles. The Balaban J connectivity index is 1.49. The van der Waals surface area contributed by atoms with E-state index in [9.17, 15) is 4.79 Å². The first-order valence-corrected chi connectivity index (χ1v) is 7.03. The minimum Gasteiger partial charge on any atom is -0.353 e. The standard InChI is InChI=1S/C12H19N3OS/c1-9-8-17-12(14-9)7-13-6-2-3-11(16)15-10-4-5-10/h8,10,13H,2-7H2,1H3,(H,15,16). The molecule has 4 nitrogen and oxygen atoms in total. The van der Waals surface area contributed by atoms with Gasteiger partial charge in [-0.1, -0.05) is 0 Å². The van der Waals surface area contributed by atoms with Crippen LogP contribution in [0.3, 0.4) is 0 Å². The lowest BCUT2D eigenvalue weighted by Gasteiger charge is -2.04. The van der Waals surface area contributed by atoms with Gasteiger partial charge in [-0.05, 0) is 32.7 Å². The van der Waals surface area contributed by atoms with Crippen molar-refractivity contribution in [3.05, 3.63) is 16.1 Å². The van der Waals surface area contributed by atoms with E-state index in [1.165, 1.54) is 0 Å². The van der Waals surface area contributed by atoms with Crippen LogP contribution in [0, 0.1) is 6.92 Å². The van der Waals surface area contributed by atoms with E-state index in [2.05, 4.69) is 21.0 Å². The van der Waals surface area contributed by atoms with E-state index >= 15 is 0 Å². The lowest BCUT2D eigenvalue weighted by molar-refractivity contribution is -0.121. The molecular weight excluding hydrogens is 234 g/mol. The Morgan fingerprint density at radius 2 is 2.41 bits per heavy atom. The molecule has 0 bridgehead atoms. The molecule has 1 saturated carbocycles. The van der Waals surface area contributed by atoms with Crippen molar-refractivity contribution in [2.45, 2.75) is 45.2 Å². The molecule has 1 amide bonds. The van der Waals surface area contributed by atoms with Crippen molar-refractivity contribution in [1.82, 2.24) is 15.6 Å². The van der Waals surface area contributed by atoms with Gasteiger partial charge in [-0.2, -0.15) is 0 Å². The number of hydrogen-bond acceptors (Lipinski definition) is 4. The first kappa shape index (κ1) is 12.5. The van der Waals surface area contributed by atoms with Crippen molar-refractivity contribution in [1.29, 1.82) is 0 Å². The summed E-state index contributed by atoms with van der Waals surface area (Å²) in [5, 5.41) is 9.47. The van der Waals surface area contributed by atoms with Crippen LogP contribution < -0.4 is 10.6 Å². The van der Waals surface area contributed by atoms with Crippen LogP contribution in [0.1, 0.15) is 36.4 Å². The number of aryl methyl sites for hydroxylation is 1. The van der Waals surface area contributed by atoms with Crippen LogP contribution in [0.2, 0.25) is 0 Å². The fourth-order valence-electron chi connectivity index (χ4n) is 1.58. The fourth-order valence-corrected chi connectivity index (χ4v) is 2.32. The van der Waals surface area contributed by atoms with Crippen molar-refractivity contribution in [2.75, 3.05) is 6.54 Å². The third-order valence-corrected chi connectivity index (χ3v) is 3.61. The van der Waals surface area contributed by atoms with Crippen molar-refractivity contribution >= 4 is 17.2 Å². The zero-order chi connectivity index (χ0) is 12.1. The van der Waals surface area contributed by atoms with Crippen molar-refractivity contribution < 1.29 is 4.79 Å². The van der Waals surface area contributed by atoms with E-state index < -0.39 is 0 Å². The molecule has 0 aromatic carbocycles. The summed E-state index contributed by atoms with van der Waals surface area (Å²) < 4.78 is 0. The minimum absolute atomic E-state index is 0.194. The van der Waals surface area contributed by atoms with Gasteiger partial charge >= 0.3 is 0 Å². The number of nitrogens with one attached hydrogen (secondary N) is 2. The highest BCUT2D eigenvalue weighted by atomic mass is 32.1. The summed E-state index contributed by atoms with van der Waals surface area (Å²) in [6, 6.07) is 0.480. The van der Waals surface area contributed by atoms with Crippen molar-refractivity contribution in [3.63, 3.8) is 0 Å². The predicted molar refractivity (Wildman–Crippen MR) is 69.0 cm³/mol.